The molecule has 0 radical (unpaired) electrons. The topological polar surface area (TPSA) is 41.6 Å². The van der Waals surface area contributed by atoms with Gasteiger partial charge in [0.2, 0.25) is 6.41 Å². The van der Waals surface area contributed by atoms with Crippen molar-refractivity contribution in [2.75, 3.05) is 40.4 Å². The second kappa shape index (κ2) is 14.4. The molecule has 16 heavy (non-hydrogen) atoms. The largest absolute Gasteiger partial charge is 0.383 e. The summed E-state index contributed by atoms with van der Waals surface area (Å²) in [5.41, 5.74) is 0. The van der Waals surface area contributed by atoms with Crippen LogP contribution < -0.4 is 5.32 Å². The summed E-state index contributed by atoms with van der Waals surface area (Å²) in [6.45, 7) is 10.1. The molecule has 1 amide bonds. The van der Waals surface area contributed by atoms with Crippen LogP contribution in [0, 0.1) is 5.92 Å². The summed E-state index contributed by atoms with van der Waals surface area (Å²) in [5, 5.41) is 2.44. The minimum absolute atomic E-state index is 0.582. The highest BCUT2D eigenvalue weighted by atomic mass is 16.5. The van der Waals surface area contributed by atoms with E-state index in [9.17, 15) is 4.79 Å². The number of rotatable bonds is 4. The zero-order valence-corrected chi connectivity index (χ0v) is 11.5. The maximum absolute atomic E-state index is 9.51. The van der Waals surface area contributed by atoms with Gasteiger partial charge in [-0.2, -0.15) is 0 Å². The van der Waals surface area contributed by atoms with Crippen LogP contribution in [-0.2, 0) is 9.53 Å². The summed E-state index contributed by atoms with van der Waals surface area (Å²) in [7, 11) is 3.77. The van der Waals surface area contributed by atoms with Crippen LogP contribution >= 0.6 is 0 Å². The Kier molecular flexibility index (Phi) is 16.0. The Balaban J connectivity index is 0. The summed E-state index contributed by atoms with van der Waals surface area (Å²) in [6.07, 6.45) is 2.05. The molecule has 1 aliphatic rings. The van der Waals surface area contributed by atoms with Gasteiger partial charge < -0.3 is 15.0 Å². The lowest BCUT2D eigenvalue weighted by Crippen LogP contribution is -2.16. The van der Waals surface area contributed by atoms with E-state index in [0.717, 1.165) is 5.92 Å². The van der Waals surface area contributed by atoms with Gasteiger partial charge in [-0.1, -0.05) is 20.8 Å². The van der Waals surface area contributed by atoms with Crippen LogP contribution in [0.2, 0.25) is 0 Å². The Labute approximate surface area is 100 Å². The number of likely N-dealkylation sites (tertiary alicyclic amines) is 1. The van der Waals surface area contributed by atoms with Crippen LogP contribution in [-0.4, -0.2) is 51.7 Å². The van der Waals surface area contributed by atoms with Gasteiger partial charge in [0.15, 0.2) is 0 Å². The third kappa shape index (κ3) is 13.4. The Morgan fingerprint density at radius 1 is 1.50 bits per heavy atom. The van der Waals surface area contributed by atoms with Gasteiger partial charge in [0.05, 0.1) is 6.61 Å². The minimum Gasteiger partial charge on any atom is -0.383 e. The number of carbonyl (C=O) groups is 1. The molecule has 1 aliphatic heterocycles. The smallest absolute Gasteiger partial charge is 0.207 e. The molecule has 4 heteroatoms. The molecule has 1 fully saturated rings. The average Bonchev–Trinajstić information content (AvgIpc) is 2.67. The van der Waals surface area contributed by atoms with Gasteiger partial charge >= 0.3 is 0 Å². The van der Waals surface area contributed by atoms with Gasteiger partial charge in [-0.15, -0.1) is 0 Å². The summed E-state index contributed by atoms with van der Waals surface area (Å²) in [4.78, 5) is 11.9. The summed E-state index contributed by atoms with van der Waals surface area (Å²) >= 11 is 0. The van der Waals surface area contributed by atoms with Crippen LogP contribution in [0.4, 0.5) is 0 Å². The summed E-state index contributed by atoms with van der Waals surface area (Å²) in [6, 6.07) is 0. The molecule has 1 saturated heterocycles. The van der Waals surface area contributed by atoms with E-state index in [4.69, 9.17) is 0 Å². The fraction of sp³-hybridized carbons (Fsp3) is 0.917. The lowest BCUT2D eigenvalue weighted by molar-refractivity contribution is -0.109. The number of amides is 1. The Hall–Kier alpha value is -0.610. The van der Waals surface area contributed by atoms with E-state index in [1.807, 2.05) is 13.8 Å². The second-order valence-corrected chi connectivity index (χ2v) is 3.72. The van der Waals surface area contributed by atoms with Crippen molar-refractivity contribution in [2.24, 2.45) is 5.92 Å². The number of hydrogen-bond acceptors (Lipinski definition) is 3. The zero-order valence-electron chi connectivity index (χ0n) is 11.5. The molecule has 4 nitrogen and oxygen atoms in total. The second-order valence-electron chi connectivity index (χ2n) is 3.72. The third-order valence-electron chi connectivity index (χ3n) is 2.16. The molecule has 98 valence electrons. The van der Waals surface area contributed by atoms with Crippen molar-refractivity contribution in [2.45, 2.75) is 27.2 Å². The normalized spacial score (nSPS) is 18.9. The molecule has 0 saturated carbocycles. The molecule has 0 aliphatic carbocycles. The monoisotopic (exact) mass is 232 g/mol. The van der Waals surface area contributed by atoms with E-state index >= 15 is 0 Å². The van der Waals surface area contributed by atoms with Crippen LogP contribution in [0.3, 0.4) is 0 Å². The van der Waals surface area contributed by atoms with Crippen LogP contribution in [0.5, 0.6) is 0 Å². The predicted octanol–water partition coefficient (Wildman–Crippen LogP) is 1.36. The van der Waals surface area contributed by atoms with E-state index in [1.54, 1.807) is 7.11 Å². The maximum Gasteiger partial charge on any atom is 0.207 e. The third-order valence-corrected chi connectivity index (χ3v) is 2.16. The summed E-state index contributed by atoms with van der Waals surface area (Å²) in [5.74, 6) is 0.949. The molecule has 1 N–H and O–H groups in total. The van der Waals surface area contributed by atoms with Gasteiger partial charge in [-0.25, -0.2) is 0 Å². The van der Waals surface area contributed by atoms with Crippen molar-refractivity contribution in [3.05, 3.63) is 0 Å². The number of carbonyl (C=O) groups excluding carboxylic acids is 1. The van der Waals surface area contributed by atoms with E-state index < -0.39 is 0 Å². The minimum atomic E-state index is 0.582. The Bertz CT molecular complexity index is 135. The van der Waals surface area contributed by atoms with E-state index in [0.29, 0.717) is 19.6 Å². The van der Waals surface area contributed by atoms with Crippen molar-refractivity contribution in [1.82, 2.24) is 10.2 Å². The first-order valence-electron chi connectivity index (χ1n) is 6.05. The highest BCUT2D eigenvalue weighted by molar-refractivity contribution is 5.45. The van der Waals surface area contributed by atoms with E-state index in [1.165, 1.54) is 19.5 Å². The lowest BCUT2D eigenvalue weighted by Gasteiger charge is -2.03. The number of methoxy groups -OCH3 is 1. The first-order valence-corrected chi connectivity index (χ1v) is 6.05. The Morgan fingerprint density at radius 3 is 2.38 bits per heavy atom. The van der Waals surface area contributed by atoms with E-state index in [-0.39, 0.29) is 0 Å². The molecule has 1 unspecified atom stereocenters. The first-order chi connectivity index (χ1) is 7.70. The molecular weight excluding hydrogens is 204 g/mol. The average molecular weight is 232 g/mol. The van der Waals surface area contributed by atoms with Gasteiger partial charge in [0.1, 0.15) is 0 Å². The number of nitrogens with zero attached hydrogens (tertiary/aromatic N) is 1. The van der Waals surface area contributed by atoms with Crippen LogP contribution in [0.1, 0.15) is 27.2 Å². The molecule has 1 rings (SSSR count). The van der Waals surface area contributed by atoms with Gasteiger partial charge in [-0.3, -0.25) is 4.79 Å². The van der Waals surface area contributed by atoms with Crippen molar-refractivity contribution >= 4 is 6.41 Å². The summed E-state index contributed by atoms with van der Waals surface area (Å²) < 4.78 is 4.62. The first kappa shape index (κ1) is 17.8. The predicted molar refractivity (Wildman–Crippen MR) is 68.6 cm³/mol. The van der Waals surface area contributed by atoms with Gasteiger partial charge in [-0.05, 0) is 25.9 Å². The number of hydrogen-bond donors (Lipinski definition) is 1. The van der Waals surface area contributed by atoms with Crippen molar-refractivity contribution in [3.63, 3.8) is 0 Å². The molecule has 0 aromatic rings. The highest BCUT2D eigenvalue weighted by Crippen LogP contribution is 2.11. The quantitative estimate of drug-likeness (QED) is 0.588. The maximum atomic E-state index is 9.51. The fourth-order valence-electron chi connectivity index (χ4n) is 1.38. The molecule has 0 aromatic carbocycles. The lowest BCUT2D eigenvalue weighted by atomic mass is 10.2. The van der Waals surface area contributed by atoms with Gasteiger partial charge in [0.25, 0.3) is 0 Å². The molecule has 1 heterocycles. The molecule has 0 spiro atoms. The SMILES string of the molecule is CC.CC1CCN(C)C1.COCCNC=O. The molecule has 0 bridgehead atoms. The van der Waals surface area contributed by atoms with Crippen LogP contribution in [0.15, 0.2) is 0 Å². The van der Waals surface area contributed by atoms with Crippen molar-refractivity contribution in [1.29, 1.82) is 0 Å². The molecule has 1 atom stereocenters. The number of ether oxygens (including phenoxy) is 1. The fourth-order valence-corrected chi connectivity index (χ4v) is 1.38. The van der Waals surface area contributed by atoms with Crippen molar-refractivity contribution < 1.29 is 9.53 Å². The van der Waals surface area contributed by atoms with E-state index in [2.05, 4.69) is 28.9 Å². The van der Waals surface area contributed by atoms with Crippen LogP contribution in [0.25, 0.3) is 0 Å². The zero-order chi connectivity index (χ0) is 12.8. The molecular formula is C12H28N2O2. The van der Waals surface area contributed by atoms with Gasteiger partial charge in [0, 0.05) is 20.2 Å². The molecule has 0 aromatic heterocycles. The highest BCUT2D eigenvalue weighted by Gasteiger charge is 2.13. The Morgan fingerprint density at radius 2 is 2.12 bits per heavy atom. The number of nitrogens with one attached hydrogen (secondary N) is 1. The van der Waals surface area contributed by atoms with Crippen molar-refractivity contribution in [3.8, 4) is 0 Å². The standard InChI is InChI=1S/C6H13N.C4H9NO2.C2H6/c1-6-3-4-7(2)5-6;1-7-3-2-5-4-6;1-2/h6H,3-5H2,1-2H3;4H,2-3H2,1H3,(H,5,6);1-2H3.